The van der Waals surface area contributed by atoms with Crippen molar-refractivity contribution in [2.24, 2.45) is 0 Å². The molecule has 0 fully saturated rings. The number of esters is 3. The molecule has 0 unspecified atom stereocenters. The van der Waals surface area contributed by atoms with Crippen LogP contribution in [0.5, 0.6) is 11.5 Å². The molecule has 0 radical (unpaired) electrons. The number of rotatable bonds is 10. The summed E-state index contributed by atoms with van der Waals surface area (Å²) in [6, 6.07) is 26.1. The number of nitriles is 3. The van der Waals surface area contributed by atoms with E-state index in [0.29, 0.717) is 11.1 Å². The Hall–Kier alpha value is -8.01. The zero-order valence-electron chi connectivity index (χ0n) is 33.6. The number of allylic oxidation sites excluding steroid dienone is 10. The van der Waals surface area contributed by atoms with Gasteiger partial charge in [0, 0.05) is 24.3 Å². The summed E-state index contributed by atoms with van der Waals surface area (Å²) in [6.07, 6.45) is 12.4. The van der Waals surface area contributed by atoms with Crippen LogP contribution in [-0.2, 0) is 9.53 Å². The van der Waals surface area contributed by atoms with Crippen molar-refractivity contribution in [2.75, 3.05) is 0 Å². The molecule has 9 nitrogen and oxygen atoms in total. The Bertz CT molecular complexity index is 2360. The van der Waals surface area contributed by atoms with Crippen molar-refractivity contribution in [3.63, 3.8) is 0 Å². The van der Waals surface area contributed by atoms with Crippen LogP contribution in [0.1, 0.15) is 70.7 Å². The van der Waals surface area contributed by atoms with E-state index in [1.165, 1.54) is 43.3 Å². The van der Waals surface area contributed by atoms with Gasteiger partial charge in [-0.1, -0.05) is 71.3 Å². The molecule has 0 aromatic heterocycles. The van der Waals surface area contributed by atoms with E-state index in [2.05, 4.69) is 0 Å². The van der Waals surface area contributed by atoms with Gasteiger partial charge in [0.15, 0.2) is 0 Å². The lowest BCUT2D eigenvalue weighted by Crippen LogP contribution is -2.08. The molecule has 0 heterocycles. The van der Waals surface area contributed by atoms with Crippen LogP contribution in [0.2, 0.25) is 0 Å². The summed E-state index contributed by atoms with van der Waals surface area (Å²) < 4.78 is 55.3. The van der Waals surface area contributed by atoms with Gasteiger partial charge in [-0.3, -0.25) is 0 Å². The van der Waals surface area contributed by atoms with Gasteiger partial charge in [-0.05, 0) is 96.1 Å². The van der Waals surface area contributed by atoms with Gasteiger partial charge in [0.1, 0.15) is 46.9 Å². The Balaban J connectivity index is 0.000000311. The maximum atomic E-state index is 13.6. The quantitative estimate of drug-likeness (QED) is 0.0380. The molecular weight excluding hydrogens is 772 g/mol. The van der Waals surface area contributed by atoms with Gasteiger partial charge in [0.2, 0.25) is 0 Å². The Labute approximate surface area is 347 Å². The molecule has 0 saturated carbocycles. The molecule has 0 saturated heterocycles. The second-order valence-electron chi connectivity index (χ2n) is 12.3. The van der Waals surface area contributed by atoms with Crippen molar-refractivity contribution in [3.8, 4) is 29.7 Å². The summed E-state index contributed by atoms with van der Waals surface area (Å²) >= 11 is 0. The SMILES string of the molecule is C\C=C/C(C)=C\C=C\C(=O)OC(/C=C\C)=C/C(F)=C(\C)C#N.Cc1ccc(C(=O)Oc2ccc(C#N)c(F)c2)cc1.Cc1ccc(C(=O)Oc2ccc(C#N)c(F)c2)cc1. The number of nitrogens with zero attached hydrogens (tertiary/aromatic N) is 3. The van der Waals surface area contributed by atoms with E-state index in [9.17, 15) is 27.6 Å². The van der Waals surface area contributed by atoms with Crippen molar-refractivity contribution in [1.29, 1.82) is 15.8 Å². The molecule has 4 aromatic rings. The van der Waals surface area contributed by atoms with Crippen LogP contribution in [0.3, 0.4) is 0 Å². The highest BCUT2D eigenvalue weighted by molar-refractivity contribution is 5.91. The van der Waals surface area contributed by atoms with Crippen molar-refractivity contribution in [3.05, 3.63) is 201 Å². The van der Waals surface area contributed by atoms with E-state index in [1.807, 2.05) is 39.8 Å². The number of carbonyl (C=O) groups excluding carboxylic acids is 3. The molecule has 0 aliphatic heterocycles. The first-order valence-corrected chi connectivity index (χ1v) is 17.9. The maximum absolute atomic E-state index is 13.6. The van der Waals surface area contributed by atoms with Crippen LogP contribution in [0.25, 0.3) is 0 Å². The fourth-order valence-electron chi connectivity index (χ4n) is 4.32. The minimum atomic E-state index is -0.740. The van der Waals surface area contributed by atoms with E-state index in [0.717, 1.165) is 34.9 Å². The molecule has 4 aromatic carbocycles. The van der Waals surface area contributed by atoms with E-state index in [-0.39, 0.29) is 34.0 Å². The van der Waals surface area contributed by atoms with Crippen LogP contribution >= 0.6 is 0 Å². The van der Waals surface area contributed by atoms with Gasteiger partial charge in [0.25, 0.3) is 0 Å². The fraction of sp³-hybridized carbons (Fsp3) is 0.125. The van der Waals surface area contributed by atoms with Gasteiger partial charge in [-0.25, -0.2) is 27.6 Å². The number of hydrogen-bond donors (Lipinski definition) is 0. The highest BCUT2D eigenvalue weighted by Crippen LogP contribution is 2.19. The lowest BCUT2D eigenvalue weighted by Gasteiger charge is -2.05. The molecule has 0 N–H and O–H groups in total. The number of aryl methyl sites for hydroxylation is 2. The molecule has 0 bridgehead atoms. The summed E-state index contributed by atoms with van der Waals surface area (Å²) in [5.41, 5.74) is 3.55. The fourth-order valence-corrected chi connectivity index (χ4v) is 4.32. The van der Waals surface area contributed by atoms with Gasteiger partial charge in [-0.15, -0.1) is 0 Å². The molecule has 304 valence electrons. The molecule has 0 atom stereocenters. The topological polar surface area (TPSA) is 150 Å². The van der Waals surface area contributed by atoms with E-state index < -0.39 is 35.4 Å². The molecular formula is C48H40F3N3O6. The Morgan fingerprint density at radius 2 is 1.10 bits per heavy atom. The number of ether oxygens (including phenoxy) is 3. The van der Waals surface area contributed by atoms with Crippen molar-refractivity contribution in [1.82, 2.24) is 0 Å². The average molecular weight is 812 g/mol. The zero-order chi connectivity index (χ0) is 44.6. The summed E-state index contributed by atoms with van der Waals surface area (Å²) in [5, 5.41) is 25.8. The number of hydrogen-bond acceptors (Lipinski definition) is 9. The predicted octanol–water partition coefficient (Wildman–Crippen LogP) is 11.3. The zero-order valence-corrected chi connectivity index (χ0v) is 33.6. The minimum absolute atomic E-state index is 0.0263. The Morgan fingerprint density at radius 3 is 1.48 bits per heavy atom. The van der Waals surface area contributed by atoms with Crippen LogP contribution in [0.15, 0.2) is 156 Å². The standard InChI is InChI=1S/C18H20FNO2.2C15H10FNO2/c1-5-8-14(3)10-7-11-18(21)22-16(9-6-2)12-17(19)15(4)13-20;2*1-10-2-4-11(5-3-10)15(18)19-13-7-6-12(9-17)14(16)8-13/h5-12H,1-4H3;2*2-8H,1H3/b8-5-,9-6-,11-7+,14-10-,16-12+,17-15-;;. The predicted molar refractivity (Wildman–Crippen MR) is 221 cm³/mol. The minimum Gasteiger partial charge on any atom is -0.423 e. The van der Waals surface area contributed by atoms with Crippen LogP contribution in [-0.4, -0.2) is 17.9 Å². The number of carbonyl (C=O) groups is 3. The highest BCUT2D eigenvalue weighted by atomic mass is 19.1. The number of benzene rings is 4. The second kappa shape index (κ2) is 25.3. The van der Waals surface area contributed by atoms with Gasteiger partial charge < -0.3 is 14.2 Å². The third-order valence-electron chi connectivity index (χ3n) is 7.48. The lowest BCUT2D eigenvalue weighted by molar-refractivity contribution is -0.133. The Morgan fingerprint density at radius 1 is 0.650 bits per heavy atom. The molecule has 12 heteroatoms. The lowest BCUT2D eigenvalue weighted by atomic mass is 10.1. The maximum Gasteiger partial charge on any atom is 0.343 e. The monoisotopic (exact) mass is 811 g/mol. The molecule has 0 spiro atoms. The first kappa shape index (κ1) is 48.1. The highest BCUT2D eigenvalue weighted by Gasteiger charge is 2.12. The van der Waals surface area contributed by atoms with Gasteiger partial charge in [0.05, 0.1) is 33.9 Å². The van der Waals surface area contributed by atoms with Gasteiger partial charge in [-0.2, -0.15) is 15.8 Å². The van der Waals surface area contributed by atoms with Crippen LogP contribution < -0.4 is 9.47 Å². The molecule has 0 aliphatic carbocycles. The van der Waals surface area contributed by atoms with Crippen molar-refractivity contribution < 1.29 is 41.8 Å². The summed E-state index contributed by atoms with van der Waals surface area (Å²) in [4.78, 5) is 35.2. The summed E-state index contributed by atoms with van der Waals surface area (Å²) in [7, 11) is 0. The molecule has 0 aliphatic rings. The first-order valence-electron chi connectivity index (χ1n) is 17.9. The largest absolute Gasteiger partial charge is 0.423 e. The smallest absolute Gasteiger partial charge is 0.343 e. The first-order chi connectivity index (χ1) is 28.6. The van der Waals surface area contributed by atoms with Crippen molar-refractivity contribution in [2.45, 2.75) is 41.5 Å². The van der Waals surface area contributed by atoms with E-state index >= 15 is 0 Å². The molecule has 4 rings (SSSR count). The van der Waals surface area contributed by atoms with E-state index in [1.54, 1.807) is 91.9 Å². The third kappa shape index (κ3) is 17.0. The average Bonchev–Trinajstić information content (AvgIpc) is 3.21. The van der Waals surface area contributed by atoms with E-state index in [4.69, 9.17) is 30.0 Å². The van der Waals surface area contributed by atoms with Crippen LogP contribution in [0, 0.1) is 59.5 Å². The molecule has 0 amide bonds. The van der Waals surface area contributed by atoms with Crippen molar-refractivity contribution >= 4 is 17.9 Å². The Kier molecular flexibility index (Phi) is 20.3. The van der Waals surface area contributed by atoms with Gasteiger partial charge >= 0.3 is 17.9 Å². The number of halogens is 3. The summed E-state index contributed by atoms with van der Waals surface area (Å²) in [6.45, 7) is 10.7. The normalized spacial score (nSPS) is 11.5. The second-order valence-corrected chi connectivity index (χ2v) is 12.3. The molecule has 60 heavy (non-hydrogen) atoms. The van der Waals surface area contributed by atoms with Crippen LogP contribution in [0.4, 0.5) is 13.2 Å². The third-order valence-corrected chi connectivity index (χ3v) is 7.48. The summed E-state index contributed by atoms with van der Waals surface area (Å²) in [5.74, 6) is -3.75.